The molecule has 0 bridgehead atoms. The van der Waals surface area contributed by atoms with Crippen LogP contribution in [0.3, 0.4) is 0 Å². The summed E-state index contributed by atoms with van der Waals surface area (Å²) in [6.07, 6.45) is 3.76. The van der Waals surface area contributed by atoms with Gasteiger partial charge >= 0.3 is 5.69 Å². The minimum Gasteiger partial charge on any atom is -0.250 e. The van der Waals surface area contributed by atoms with E-state index in [0.29, 0.717) is 12.2 Å². The van der Waals surface area contributed by atoms with E-state index >= 15 is 0 Å². The fourth-order valence-corrected chi connectivity index (χ4v) is 1.87. The van der Waals surface area contributed by atoms with Gasteiger partial charge in [0, 0.05) is 18.1 Å². The highest BCUT2D eigenvalue weighted by Gasteiger charge is 2.04. The zero-order chi connectivity index (χ0) is 10.7. The van der Waals surface area contributed by atoms with E-state index in [1.807, 2.05) is 18.2 Å². The van der Waals surface area contributed by atoms with E-state index < -0.39 is 0 Å². The van der Waals surface area contributed by atoms with E-state index in [-0.39, 0.29) is 5.69 Å². The van der Waals surface area contributed by atoms with Crippen LogP contribution in [0, 0.1) is 0 Å². The number of alkyl halides is 1. The van der Waals surface area contributed by atoms with Gasteiger partial charge in [-0.3, -0.25) is 4.40 Å². The normalized spacial score (nSPS) is 11.0. The van der Waals surface area contributed by atoms with Gasteiger partial charge in [0.2, 0.25) is 0 Å². The predicted octanol–water partition coefficient (Wildman–Crippen LogP) is 1.67. The first-order chi connectivity index (χ1) is 7.33. The molecule has 4 nitrogen and oxygen atoms in total. The lowest BCUT2D eigenvalue weighted by atomic mass is 10.3. The number of hydrogen-bond donors (Lipinski definition) is 0. The summed E-state index contributed by atoms with van der Waals surface area (Å²) >= 11 is 3.36. The third kappa shape index (κ3) is 2.12. The second kappa shape index (κ2) is 4.61. The summed E-state index contributed by atoms with van der Waals surface area (Å²) in [5.74, 6) is 0. The molecule has 2 aromatic rings. The summed E-state index contributed by atoms with van der Waals surface area (Å²) in [7, 11) is 0. The standard InChI is InChI=1S/C10H12BrN3O/c11-6-2-4-8-14-10(15)13-7-3-1-5-9(13)12-14/h1,3,5,7H,2,4,6,8H2. The van der Waals surface area contributed by atoms with Crippen molar-refractivity contribution in [2.24, 2.45) is 0 Å². The molecule has 0 N–H and O–H groups in total. The molecule has 0 radical (unpaired) electrons. The van der Waals surface area contributed by atoms with Crippen molar-refractivity contribution in [2.45, 2.75) is 19.4 Å². The molecule has 0 saturated heterocycles. The van der Waals surface area contributed by atoms with Crippen LogP contribution in [0.4, 0.5) is 0 Å². The number of aryl methyl sites for hydroxylation is 1. The Kier molecular flexibility index (Phi) is 3.20. The van der Waals surface area contributed by atoms with Crippen molar-refractivity contribution in [3.05, 3.63) is 34.9 Å². The van der Waals surface area contributed by atoms with E-state index in [2.05, 4.69) is 21.0 Å². The first-order valence-electron chi connectivity index (χ1n) is 4.93. The average Bonchev–Trinajstić information content (AvgIpc) is 2.57. The van der Waals surface area contributed by atoms with Crippen molar-refractivity contribution in [2.75, 3.05) is 5.33 Å². The molecule has 5 heteroatoms. The lowest BCUT2D eigenvalue weighted by Gasteiger charge is -1.95. The van der Waals surface area contributed by atoms with Crippen LogP contribution in [-0.2, 0) is 6.54 Å². The molecule has 0 spiro atoms. The van der Waals surface area contributed by atoms with Gasteiger partial charge in [0.05, 0.1) is 0 Å². The third-order valence-corrected chi connectivity index (χ3v) is 2.80. The molecule has 0 amide bonds. The van der Waals surface area contributed by atoms with Gasteiger partial charge in [-0.2, -0.15) is 0 Å². The van der Waals surface area contributed by atoms with Gasteiger partial charge in [-0.05, 0) is 25.0 Å². The topological polar surface area (TPSA) is 39.3 Å². The highest BCUT2D eigenvalue weighted by atomic mass is 79.9. The van der Waals surface area contributed by atoms with Crippen LogP contribution < -0.4 is 5.69 Å². The summed E-state index contributed by atoms with van der Waals surface area (Å²) in [5, 5.41) is 5.20. The van der Waals surface area contributed by atoms with Crippen LogP contribution in [0.15, 0.2) is 29.2 Å². The lowest BCUT2D eigenvalue weighted by Crippen LogP contribution is -2.21. The highest BCUT2D eigenvalue weighted by Crippen LogP contribution is 1.98. The number of nitrogens with zero attached hydrogens (tertiary/aromatic N) is 3. The van der Waals surface area contributed by atoms with Gasteiger partial charge in [0.25, 0.3) is 0 Å². The first kappa shape index (κ1) is 10.4. The molecule has 15 heavy (non-hydrogen) atoms. The molecular weight excluding hydrogens is 258 g/mol. The van der Waals surface area contributed by atoms with E-state index in [0.717, 1.165) is 18.2 Å². The van der Waals surface area contributed by atoms with Gasteiger partial charge in [-0.15, -0.1) is 5.10 Å². The maximum atomic E-state index is 11.8. The SMILES string of the molecule is O=c1n(CCCCBr)nc2ccccn12. The largest absolute Gasteiger partial charge is 0.350 e. The number of fused-ring (bicyclic) bond motifs is 1. The maximum Gasteiger partial charge on any atom is 0.350 e. The van der Waals surface area contributed by atoms with E-state index in [4.69, 9.17) is 0 Å². The Bertz CT molecular complexity index is 503. The molecule has 80 valence electrons. The summed E-state index contributed by atoms with van der Waals surface area (Å²) in [6.45, 7) is 0.687. The van der Waals surface area contributed by atoms with Crippen LogP contribution in [0.2, 0.25) is 0 Å². The van der Waals surface area contributed by atoms with Gasteiger partial charge in [-0.1, -0.05) is 22.0 Å². The summed E-state index contributed by atoms with van der Waals surface area (Å²) < 4.78 is 3.09. The summed E-state index contributed by atoms with van der Waals surface area (Å²) in [5.41, 5.74) is 0.654. The minimum atomic E-state index is -0.0554. The van der Waals surface area contributed by atoms with Crippen molar-refractivity contribution >= 4 is 21.6 Å². The molecule has 0 aliphatic heterocycles. The Balaban J connectivity index is 2.28. The van der Waals surface area contributed by atoms with Gasteiger partial charge in [0.15, 0.2) is 5.65 Å². The smallest absolute Gasteiger partial charge is 0.250 e. The molecule has 0 fully saturated rings. The average molecular weight is 270 g/mol. The van der Waals surface area contributed by atoms with Crippen LogP contribution in [0.25, 0.3) is 5.65 Å². The van der Waals surface area contributed by atoms with E-state index in [1.54, 1.807) is 10.6 Å². The third-order valence-electron chi connectivity index (χ3n) is 2.24. The fourth-order valence-electron chi connectivity index (χ4n) is 1.47. The molecule has 0 saturated carbocycles. The second-order valence-electron chi connectivity index (χ2n) is 3.33. The zero-order valence-electron chi connectivity index (χ0n) is 8.27. The van der Waals surface area contributed by atoms with Crippen LogP contribution >= 0.6 is 15.9 Å². The van der Waals surface area contributed by atoms with Crippen molar-refractivity contribution < 1.29 is 0 Å². The minimum absolute atomic E-state index is 0.0554. The van der Waals surface area contributed by atoms with Crippen molar-refractivity contribution in [3.8, 4) is 0 Å². The Labute approximate surface area is 95.7 Å². The number of pyridine rings is 1. The summed E-state index contributed by atoms with van der Waals surface area (Å²) in [6, 6.07) is 5.55. The maximum absolute atomic E-state index is 11.8. The second-order valence-corrected chi connectivity index (χ2v) is 4.12. The number of aromatic nitrogens is 3. The Hall–Kier alpha value is -1.10. The monoisotopic (exact) mass is 269 g/mol. The Morgan fingerprint density at radius 3 is 2.93 bits per heavy atom. The van der Waals surface area contributed by atoms with Crippen LogP contribution in [-0.4, -0.2) is 19.5 Å². The molecule has 0 aliphatic rings. The molecule has 2 aromatic heterocycles. The van der Waals surface area contributed by atoms with E-state index in [1.165, 1.54) is 4.68 Å². The van der Waals surface area contributed by atoms with Gasteiger partial charge in [0.1, 0.15) is 0 Å². The Morgan fingerprint density at radius 1 is 1.33 bits per heavy atom. The molecule has 0 atom stereocenters. The Morgan fingerprint density at radius 2 is 2.20 bits per heavy atom. The van der Waals surface area contributed by atoms with Crippen molar-refractivity contribution in [3.63, 3.8) is 0 Å². The van der Waals surface area contributed by atoms with Gasteiger partial charge in [-0.25, -0.2) is 9.48 Å². The predicted molar refractivity (Wildman–Crippen MR) is 62.5 cm³/mol. The molecular formula is C10H12BrN3O. The fraction of sp³-hybridized carbons (Fsp3) is 0.400. The highest BCUT2D eigenvalue weighted by molar-refractivity contribution is 9.09. The number of unbranched alkanes of at least 4 members (excludes halogenated alkanes) is 1. The molecule has 2 rings (SSSR count). The van der Waals surface area contributed by atoms with Crippen LogP contribution in [0.1, 0.15) is 12.8 Å². The molecule has 0 aromatic carbocycles. The number of rotatable bonds is 4. The van der Waals surface area contributed by atoms with Crippen LogP contribution in [0.5, 0.6) is 0 Å². The zero-order valence-corrected chi connectivity index (χ0v) is 9.85. The molecule has 2 heterocycles. The summed E-state index contributed by atoms with van der Waals surface area (Å²) in [4.78, 5) is 11.8. The lowest BCUT2D eigenvalue weighted by molar-refractivity contribution is 0.557. The first-order valence-corrected chi connectivity index (χ1v) is 6.05. The van der Waals surface area contributed by atoms with Crippen molar-refractivity contribution in [1.82, 2.24) is 14.2 Å². The molecule has 0 aliphatic carbocycles. The van der Waals surface area contributed by atoms with E-state index in [9.17, 15) is 4.79 Å². The van der Waals surface area contributed by atoms with Gasteiger partial charge < -0.3 is 0 Å². The number of hydrogen-bond acceptors (Lipinski definition) is 2. The number of halogens is 1. The van der Waals surface area contributed by atoms with Crippen molar-refractivity contribution in [1.29, 1.82) is 0 Å². The quantitative estimate of drug-likeness (QED) is 0.626. The molecule has 0 unspecified atom stereocenters.